The molecule has 0 aliphatic heterocycles. The summed E-state index contributed by atoms with van der Waals surface area (Å²) in [5, 5.41) is 6.53. The minimum Gasteiger partial charge on any atom is -0.360 e. The molecule has 0 aliphatic carbocycles. The molecular weight excluding hydrogens is 200 g/mol. The first-order chi connectivity index (χ1) is 6.72. The number of rotatable bonds is 5. The zero-order valence-corrected chi connectivity index (χ0v) is 9.15. The SMILES string of the molecule is CCNC(=O)CCNc1nc(C)ns1. The van der Waals surface area contributed by atoms with Crippen molar-refractivity contribution in [1.29, 1.82) is 0 Å². The van der Waals surface area contributed by atoms with E-state index < -0.39 is 0 Å². The zero-order chi connectivity index (χ0) is 10.4. The van der Waals surface area contributed by atoms with E-state index in [9.17, 15) is 4.79 Å². The van der Waals surface area contributed by atoms with Crippen molar-refractivity contribution in [3.63, 3.8) is 0 Å². The van der Waals surface area contributed by atoms with Gasteiger partial charge in [-0.1, -0.05) is 0 Å². The summed E-state index contributed by atoms with van der Waals surface area (Å²) in [5.41, 5.74) is 0. The van der Waals surface area contributed by atoms with E-state index in [4.69, 9.17) is 0 Å². The molecule has 14 heavy (non-hydrogen) atoms. The molecule has 0 spiro atoms. The third-order valence-electron chi connectivity index (χ3n) is 1.53. The summed E-state index contributed by atoms with van der Waals surface area (Å²) in [5.74, 6) is 0.816. The minimum atomic E-state index is 0.0567. The smallest absolute Gasteiger partial charge is 0.221 e. The highest BCUT2D eigenvalue weighted by atomic mass is 32.1. The van der Waals surface area contributed by atoms with Crippen LogP contribution in [0.15, 0.2) is 0 Å². The van der Waals surface area contributed by atoms with E-state index in [1.54, 1.807) is 0 Å². The number of nitrogens with zero attached hydrogens (tertiary/aromatic N) is 2. The summed E-state index contributed by atoms with van der Waals surface area (Å²) in [7, 11) is 0. The van der Waals surface area contributed by atoms with Gasteiger partial charge >= 0.3 is 0 Å². The number of carbonyl (C=O) groups is 1. The number of hydrogen-bond donors (Lipinski definition) is 2. The molecule has 0 atom stereocenters. The quantitative estimate of drug-likeness (QED) is 0.760. The third-order valence-corrected chi connectivity index (χ3v) is 2.29. The van der Waals surface area contributed by atoms with E-state index in [0.717, 1.165) is 11.0 Å². The molecule has 0 saturated heterocycles. The number of nitrogens with one attached hydrogen (secondary N) is 2. The van der Waals surface area contributed by atoms with Gasteiger partial charge in [0.2, 0.25) is 11.0 Å². The zero-order valence-electron chi connectivity index (χ0n) is 8.33. The van der Waals surface area contributed by atoms with Crippen molar-refractivity contribution in [2.45, 2.75) is 20.3 Å². The topological polar surface area (TPSA) is 66.9 Å². The van der Waals surface area contributed by atoms with Crippen LogP contribution in [-0.4, -0.2) is 28.4 Å². The van der Waals surface area contributed by atoms with Crippen LogP contribution in [0.5, 0.6) is 0 Å². The van der Waals surface area contributed by atoms with Crippen LogP contribution < -0.4 is 10.6 Å². The van der Waals surface area contributed by atoms with Crippen LogP contribution in [0, 0.1) is 6.92 Å². The lowest BCUT2D eigenvalue weighted by Gasteiger charge is -2.02. The van der Waals surface area contributed by atoms with Crippen LogP contribution >= 0.6 is 11.5 Å². The Labute approximate surface area is 87.1 Å². The average Bonchev–Trinajstić information content (AvgIpc) is 2.52. The standard InChI is InChI=1S/C8H14N4OS/c1-3-9-7(13)4-5-10-8-11-6(2)12-14-8/h3-5H2,1-2H3,(H,9,13)(H,10,11,12). The van der Waals surface area contributed by atoms with E-state index in [1.165, 1.54) is 11.5 Å². The average molecular weight is 214 g/mol. The molecule has 1 rings (SSSR count). The molecule has 5 nitrogen and oxygen atoms in total. The van der Waals surface area contributed by atoms with Crippen LogP contribution in [0.2, 0.25) is 0 Å². The second-order valence-electron chi connectivity index (χ2n) is 2.78. The van der Waals surface area contributed by atoms with Crippen molar-refractivity contribution < 1.29 is 4.79 Å². The predicted molar refractivity (Wildman–Crippen MR) is 56.4 cm³/mol. The summed E-state index contributed by atoms with van der Waals surface area (Å²) in [6, 6.07) is 0. The summed E-state index contributed by atoms with van der Waals surface area (Å²) < 4.78 is 4.02. The maximum Gasteiger partial charge on any atom is 0.221 e. The Balaban J connectivity index is 2.18. The van der Waals surface area contributed by atoms with Crippen molar-refractivity contribution in [3.8, 4) is 0 Å². The van der Waals surface area contributed by atoms with Gasteiger partial charge in [0.1, 0.15) is 5.82 Å². The summed E-state index contributed by atoms with van der Waals surface area (Å²) >= 11 is 1.31. The lowest BCUT2D eigenvalue weighted by Crippen LogP contribution is -2.24. The lowest BCUT2D eigenvalue weighted by molar-refractivity contribution is -0.120. The summed E-state index contributed by atoms with van der Waals surface area (Å²) in [6.07, 6.45) is 0.465. The number of aromatic nitrogens is 2. The highest BCUT2D eigenvalue weighted by molar-refractivity contribution is 7.09. The number of amides is 1. The fraction of sp³-hybridized carbons (Fsp3) is 0.625. The fourth-order valence-electron chi connectivity index (χ4n) is 0.937. The van der Waals surface area contributed by atoms with E-state index in [0.29, 0.717) is 19.5 Å². The van der Waals surface area contributed by atoms with Gasteiger partial charge in [0, 0.05) is 31.0 Å². The van der Waals surface area contributed by atoms with E-state index in [-0.39, 0.29) is 5.91 Å². The van der Waals surface area contributed by atoms with E-state index >= 15 is 0 Å². The van der Waals surface area contributed by atoms with Gasteiger partial charge in [-0.2, -0.15) is 4.37 Å². The molecular formula is C8H14N4OS. The number of anilines is 1. The molecule has 0 fully saturated rings. The Hall–Kier alpha value is -1.17. The predicted octanol–water partition coefficient (Wildman–Crippen LogP) is 0.785. The van der Waals surface area contributed by atoms with Gasteiger partial charge in [0.05, 0.1) is 0 Å². The van der Waals surface area contributed by atoms with Crippen molar-refractivity contribution in [3.05, 3.63) is 5.82 Å². The Kier molecular flexibility index (Phi) is 4.31. The molecule has 6 heteroatoms. The van der Waals surface area contributed by atoms with Gasteiger partial charge in [-0.3, -0.25) is 4.79 Å². The molecule has 0 aliphatic rings. The van der Waals surface area contributed by atoms with Gasteiger partial charge in [-0.25, -0.2) is 4.98 Å². The molecule has 0 saturated carbocycles. The van der Waals surface area contributed by atoms with Crippen LogP contribution in [-0.2, 0) is 4.79 Å². The number of aryl methyl sites for hydroxylation is 1. The molecule has 0 radical (unpaired) electrons. The highest BCUT2D eigenvalue weighted by Crippen LogP contribution is 2.09. The van der Waals surface area contributed by atoms with Crippen LogP contribution in [0.25, 0.3) is 0 Å². The number of carbonyl (C=O) groups excluding carboxylic acids is 1. The Bertz CT molecular complexity index is 299. The van der Waals surface area contributed by atoms with Crippen molar-refractivity contribution in [2.24, 2.45) is 0 Å². The van der Waals surface area contributed by atoms with Crippen LogP contribution in [0.4, 0.5) is 5.13 Å². The number of hydrogen-bond acceptors (Lipinski definition) is 5. The molecule has 0 unspecified atom stereocenters. The van der Waals surface area contributed by atoms with Gasteiger partial charge in [0.25, 0.3) is 0 Å². The molecule has 1 aromatic heterocycles. The van der Waals surface area contributed by atoms with Crippen LogP contribution in [0.1, 0.15) is 19.2 Å². The first kappa shape index (κ1) is 10.9. The molecule has 1 aromatic rings. The highest BCUT2D eigenvalue weighted by Gasteiger charge is 2.01. The summed E-state index contributed by atoms with van der Waals surface area (Å²) in [4.78, 5) is 15.2. The first-order valence-electron chi connectivity index (χ1n) is 4.53. The van der Waals surface area contributed by atoms with Gasteiger partial charge in [-0.15, -0.1) is 0 Å². The van der Waals surface area contributed by atoms with Crippen LogP contribution in [0.3, 0.4) is 0 Å². The second-order valence-corrected chi connectivity index (χ2v) is 3.53. The lowest BCUT2D eigenvalue weighted by atomic mass is 10.4. The summed E-state index contributed by atoms with van der Waals surface area (Å²) in [6.45, 7) is 5.02. The largest absolute Gasteiger partial charge is 0.360 e. The van der Waals surface area contributed by atoms with Crippen molar-refractivity contribution in [1.82, 2.24) is 14.7 Å². The van der Waals surface area contributed by atoms with Crippen molar-refractivity contribution >= 4 is 22.6 Å². The fourth-order valence-corrected chi connectivity index (χ4v) is 1.54. The molecule has 1 amide bonds. The normalized spacial score (nSPS) is 9.86. The van der Waals surface area contributed by atoms with Gasteiger partial charge < -0.3 is 10.6 Å². The van der Waals surface area contributed by atoms with Gasteiger partial charge in [0.15, 0.2) is 0 Å². The van der Waals surface area contributed by atoms with E-state index in [1.807, 2.05) is 13.8 Å². The monoisotopic (exact) mass is 214 g/mol. The van der Waals surface area contributed by atoms with Gasteiger partial charge in [-0.05, 0) is 13.8 Å². The van der Waals surface area contributed by atoms with E-state index in [2.05, 4.69) is 20.0 Å². The Morgan fingerprint density at radius 2 is 2.36 bits per heavy atom. The van der Waals surface area contributed by atoms with Crippen molar-refractivity contribution in [2.75, 3.05) is 18.4 Å². The maximum atomic E-state index is 11.1. The maximum absolute atomic E-state index is 11.1. The Morgan fingerprint density at radius 3 is 2.93 bits per heavy atom. The molecule has 0 bridgehead atoms. The molecule has 78 valence electrons. The first-order valence-corrected chi connectivity index (χ1v) is 5.30. The third kappa shape index (κ3) is 3.69. The molecule has 0 aromatic carbocycles. The Morgan fingerprint density at radius 1 is 1.57 bits per heavy atom. The molecule has 2 N–H and O–H groups in total. The minimum absolute atomic E-state index is 0.0567. The molecule has 1 heterocycles. The second kappa shape index (κ2) is 5.54.